The average molecular weight is 398 g/mol. The molecule has 1 aliphatic heterocycles. The van der Waals surface area contributed by atoms with Crippen LogP contribution in [0.4, 0.5) is 30.7 Å². The number of primary amides is 1. The first-order chi connectivity index (χ1) is 12.2. The minimum Gasteiger partial charge on any atom is -0.439 e. The van der Waals surface area contributed by atoms with E-state index in [1.54, 1.807) is 0 Å². The van der Waals surface area contributed by atoms with Crippen LogP contribution in [0, 0.1) is 5.41 Å². The smallest absolute Gasteiger partial charge is 0.439 e. The number of rotatable bonds is 4. The van der Waals surface area contributed by atoms with Crippen molar-refractivity contribution in [3.63, 3.8) is 0 Å². The van der Waals surface area contributed by atoms with E-state index in [9.17, 15) is 35.5 Å². The Balaban J connectivity index is 2.16. The zero-order chi connectivity index (χ0) is 20.7. The second-order valence-corrected chi connectivity index (χ2v) is 6.04. The Morgan fingerprint density at radius 2 is 1.67 bits per heavy atom. The first-order valence-electron chi connectivity index (χ1n) is 7.35. The van der Waals surface area contributed by atoms with E-state index in [0.29, 0.717) is 12.1 Å². The number of carbonyl (C=O) groups is 1. The summed E-state index contributed by atoms with van der Waals surface area (Å²) in [5.74, 6) is -12.5. The largest absolute Gasteiger partial charge is 0.460 e. The maximum absolute atomic E-state index is 13.6. The van der Waals surface area contributed by atoms with E-state index in [0.717, 1.165) is 12.1 Å². The number of ether oxygens (including phenoxy) is 1. The van der Waals surface area contributed by atoms with Crippen molar-refractivity contribution in [2.24, 2.45) is 16.1 Å². The van der Waals surface area contributed by atoms with Gasteiger partial charge in [0.1, 0.15) is 5.75 Å². The normalized spacial score (nSPS) is 21.0. The Morgan fingerprint density at radius 3 is 2.07 bits per heavy atom. The van der Waals surface area contributed by atoms with Gasteiger partial charge in [-0.2, -0.15) is 30.7 Å². The highest BCUT2D eigenvalue weighted by Gasteiger charge is 2.73. The molecule has 1 amide bonds. The van der Waals surface area contributed by atoms with Gasteiger partial charge in [-0.15, -0.1) is 0 Å². The van der Waals surface area contributed by atoms with Crippen LogP contribution in [0.2, 0.25) is 0 Å². The summed E-state index contributed by atoms with van der Waals surface area (Å²) in [6.07, 6.45) is -3.70. The number of amides is 1. The summed E-state index contributed by atoms with van der Waals surface area (Å²) < 4.78 is 95.1. The molecule has 148 valence electrons. The average Bonchev–Trinajstić information content (AvgIpc) is 2.56. The van der Waals surface area contributed by atoms with E-state index < -0.39 is 34.9 Å². The van der Waals surface area contributed by atoms with E-state index in [1.807, 2.05) is 0 Å². The van der Waals surface area contributed by atoms with E-state index in [4.69, 9.17) is 10.5 Å². The fourth-order valence-electron chi connectivity index (χ4n) is 2.04. The lowest BCUT2D eigenvalue weighted by Crippen LogP contribution is -2.49. The summed E-state index contributed by atoms with van der Waals surface area (Å²) in [5, 5.41) is 0. The molecular formula is C16H13F7N2O2. The number of hydrogen-bond acceptors (Lipinski definition) is 3. The van der Waals surface area contributed by atoms with Crippen LogP contribution in [0.15, 0.2) is 41.4 Å². The van der Waals surface area contributed by atoms with Crippen molar-refractivity contribution in [2.75, 3.05) is 6.54 Å². The topological polar surface area (TPSA) is 64.7 Å². The van der Waals surface area contributed by atoms with Crippen molar-refractivity contribution < 1.29 is 40.3 Å². The van der Waals surface area contributed by atoms with Gasteiger partial charge in [0.2, 0.25) is 11.8 Å². The molecule has 1 aliphatic rings. The highest BCUT2D eigenvalue weighted by molar-refractivity contribution is 5.93. The molecule has 4 nitrogen and oxygen atoms in total. The van der Waals surface area contributed by atoms with Crippen LogP contribution in [0.1, 0.15) is 12.5 Å². The van der Waals surface area contributed by atoms with Crippen LogP contribution in [-0.4, -0.2) is 30.4 Å². The van der Waals surface area contributed by atoms with Gasteiger partial charge in [0.25, 0.3) is 0 Å². The van der Waals surface area contributed by atoms with Gasteiger partial charge in [0.05, 0.1) is 12.0 Å². The number of benzene rings is 1. The molecule has 0 aliphatic carbocycles. The third-order valence-corrected chi connectivity index (χ3v) is 3.91. The van der Waals surface area contributed by atoms with Gasteiger partial charge in [-0.05, 0) is 37.3 Å². The monoisotopic (exact) mass is 398 g/mol. The predicted octanol–water partition coefficient (Wildman–Crippen LogP) is 3.81. The fourth-order valence-corrected chi connectivity index (χ4v) is 2.04. The van der Waals surface area contributed by atoms with Gasteiger partial charge in [0, 0.05) is 5.56 Å². The van der Waals surface area contributed by atoms with E-state index in [2.05, 4.69) is 4.99 Å². The maximum atomic E-state index is 13.6. The summed E-state index contributed by atoms with van der Waals surface area (Å²) in [6, 6.07) is 2.40. The Morgan fingerprint density at radius 1 is 1.11 bits per heavy atom. The van der Waals surface area contributed by atoms with Crippen molar-refractivity contribution in [3.8, 4) is 5.75 Å². The van der Waals surface area contributed by atoms with Crippen LogP contribution < -0.4 is 10.5 Å². The molecule has 0 fully saturated rings. The standard InChI is InChI=1S/C16H13F7N2O2/c1-13(12(24)26)7-6-11(25-8-13)27-10-4-2-9(3-5-10)14(17,18)15(19,20)16(21,22)23/h2-7H,8H2,1H3,(H2,24,26). The molecule has 1 heterocycles. The number of nitrogens with two attached hydrogens (primary N) is 1. The molecule has 1 atom stereocenters. The first kappa shape index (κ1) is 20.7. The number of dihydropyridines is 1. The predicted molar refractivity (Wildman–Crippen MR) is 80.7 cm³/mol. The first-order valence-corrected chi connectivity index (χ1v) is 7.35. The third kappa shape index (κ3) is 3.76. The molecule has 0 bridgehead atoms. The van der Waals surface area contributed by atoms with Gasteiger partial charge in [-0.3, -0.25) is 4.79 Å². The number of halogens is 7. The van der Waals surface area contributed by atoms with E-state index in [1.165, 1.54) is 19.1 Å². The van der Waals surface area contributed by atoms with Gasteiger partial charge >= 0.3 is 18.0 Å². The van der Waals surface area contributed by atoms with Gasteiger partial charge in [-0.1, -0.05) is 6.08 Å². The highest BCUT2D eigenvalue weighted by atomic mass is 19.4. The van der Waals surface area contributed by atoms with Crippen molar-refractivity contribution in [1.82, 2.24) is 0 Å². The maximum Gasteiger partial charge on any atom is 0.460 e. The molecule has 0 spiro atoms. The molecule has 2 rings (SSSR count). The zero-order valence-electron chi connectivity index (χ0n) is 13.7. The summed E-state index contributed by atoms with van der Waals surface area (Å²) in [6.45, 7) is 1.49. The third-order valence-electron chi connectivity index (χ3n) is 3.91. The zero-order valence-corrected chi connectivity index (χ0v) is 13.7. The highest BCUT2D eigenvalue weighted by Crippen LogP contribution is 2.51. The summed E-state index contributed by atoms with van der Waals surface area (Å²) >= 11 is 0. The number of hydrogen-bond donors (Lipinski definition) is 1. The minimum atomic E-state index is -6.42. The molecule has 1 aromatic carbocycles. The number of carbonyl (C=O) groups excluding carboxylic acids is 1. The van der Waals surface area contributed by atoms with Crippen molar-refractivity contribution in [2.45, 2.75) is 24.9 Å². The molecule has 1 unspecified atom stereocenters. The molecule has 0 radical (unpaired) electrons. The molecule has 0 saturated carbocycles. The fraction of sp³-hybridized carbons (Fsp3) is 0.375. The summed E-state index contributed by atoms with van der Waals surface area (Å²) in [7, 11) is 0. The van der Waals surface area contributed by atoms with Crippen LogP contribution >= 0.6 is 0 Å². The molecule has 1 aromatic rings. The van der Waals surface area contributed by atoms with Crippen LogP contribution in [0.3, 0.4) is 0 Å². The van der Waals surface area contributed by atoms with Crippen LogP contribution in [0.25, 0.3) is 0 Å². The second kappa shape index (κ2) is 6.54. The molecule has 0 saturated heterocycles. The molecular weight excluding hydrogens is 385 g/mol. The summed E-state index contributed by atoms with van der Waals surface area (Å²) in [5.41, 5.74) is 2.66. The Kier molecular flexibility index (Phi) is 5.02. The minimum absolute atomic E-state index is 0.0196. The van der Waals surface area contributed by atoms with Crippen molar-refractivity contribution in [3.05, 3.63) is 42.0 Å². The Hall–Kier alpha value is -2.59. The number of alkyl halides is 7. The second-order valence-electron chi connectivity index (χ2n) is 6.04. The van der Waals surface area contributed by atoms with E-state index >= 15 is 0 Å². The summed E-state index contributed by atoms with van der Waals surface area (Å²) in [4.78, 5) is 15.2. The molecule has 11 heteroatoms. The lowest BCUT2D eigenvalue weighted by molar-refractivity contribution is -0.359. The van der Waals surface area contributed by atoms with Gasteiger partial charge < -0.3 is 10.5 Å². The van der Waals surface area contributed by atoms with Crippen molar-refractivity contribution >= 4 is 11.8 Å². The van der Waals surface area contributed by atoms with Crippen molar-refractivity contribution in [1.29, 1.82) is 0 Å². The van der Waals surface area contributed by atoms with Gasteiger partial charge in [0.15, 0.2) is 0 Å². The quantitative estimate of drug-likeness (QED) is 0.784. The lowest BCUT2D eigenvalue weighted by atomic mass is 9.88. The lowest BCUT2D eigenvalue weighted by Gasteiger charge is -2.28. The van der Waals surface area contributed by atoms with E-state index in [-0.39, 0.29) is 18.2 Å². The Labute approximate surface area is 148 Å². The van der Waals surface area contributed by atoms with Crippen LogP contribution in [0.5, 0.6) is 5.75 Å². The molecule has 27 heavy (non-hydrogen) atoms. The Bertz CT molecular complexity index is 785. The molecule has 0 aromatic heterocycles. The van der Waals surface area contributed by atoms with Crippen LogP contribution in [-0.2, 0) is 10.7 Å². The number of aliphatic imine (C=N–C) groups is 1. The van der Waals surface area contributed by atoms with Gasteiger partial charge in [-0.25, -0.2) is 4.99 Å². The SMILES string of the molecule is CC1(C(N)=O)C=CC(Oc2ccc(C(F)(F)C(F)(F)C(F)(F)F)cc2)=NC1. The molecule has 2 N–H and O–H groups in total. The number of nitrogens with zero attached hydrogens (tertiary/aromatic N) is 1.